The molecule has 5 rings (SSSR count). The molecule has 3 atom stereocenters. The molecule has 33 heavy (non-hydrogen) atoms. The number of rotatable bonds is 5. The molecule has 3 aromatic heterocycles. The Morgan fingerprint density at radius 1 is 1.12 bits per heavy atom. The molecule has 2 fully saturated rings. The Kier molecular flexibility index (Phi) is 6.05. The number of anilines is 1. The van der Waals surface area contributed by atoms with E-state index >= 15 is 0 Å². The Labute approximate surface area is 188 Å². The molecule has 1 saturated heterocycles. The zero-order valence-electron chi connectivity index (χ0n) is 18.0. The molecule has 0 spiro atoms. The van der Waals surface area contributed by atoms with E-state index in [9.17, 15) is 13.2 Å². The Morgan fingerprint density at radius 3 is 2.85 bits per heavy atom. The molecule has 0 aromatic carbocycles. The number of halogens is 3. The van der Waals surface area contributed by atoms with Gasteiger partial charge >= 0.3 is 6.18 Å². The minimum atomic E-state index is -4.60. The van der Waals surface area contributed by atoms with E-state index in [1.165, 1.54) is 0 Å². The van der Waals surface area contributed by atoms with Crippen LogP contribution in [0.4, 0.5) is 19.1 Å². The monoisotopic (exact) mass is 462 g/mol. The molecule has 0 amide bonds. The zero-order chi connectivity index (χ0) is 22.8. The van der Waals surface area contributed by atoms with Gasteiger partial charge in [-0.1, -0.05) is 12.5 Å². The minimum Gasteiger partial charge on any atom is -0.471 e. The number of fused-ring (bicyclic) bond motifs is 1. The molecule has 1 N–H and O–H groups in total. The van der Waals surface area contributed by atoms with Gasteiger partial charge in [-0.05, 0) is 44.2 Å². The van der Waals surface area contributed by atoms with Crippen molar-refractivity contribution in [1.29, 1.82) is 0 Å². The number of hydrogen-bond acceptors (Lipinski definition) is 7. The van der Waals surface area contributed by atoms with Gasteiger partial charge in [-0.25, -0.2) is 4.98 Å². The van der Waals surface area contributed by atoms with Crippen molar-refractivity contribution in [2.75, 3.05) is 18.5 Å². The van der Waals surface area contributed by atoms with E-state index in [2.05, 4.69) is 25.5 Å². The fraction of sp³-hybridized carbons (Fsp3) is 0.545. The SMILES string of the molecule is FC(F)(F)c1cnc(N[C@@H]2CCC[C@H](c3nnc4ccccn34)C2)nc1O[C@@H]1CCCOC1. The smallest absolute Gasteiger partial charge is 0.423 e. The van der Waals surface area contributed by atoms with Crippen LogP contribution in [0.25, 0.3) is 5.65 Å². The first-order valence-corrected chi connectivity index (χ1v) is 11.2. The third kappa shape index (κ3) is 4.87. The zero-order valence-corrected chi connectivity index (χ0v) is 18.0. The van der Waals surface area contributed by atoms with Crippen molar-refractivity contribution in [2.24, 2.45) is 0 Å². The van der Waals surface area contributed by atoms with Crippen LogP contribution >= 0.6 is 0 Å². The summed E-state index contributed by atoms with van der Waals surface area (Å²) < 4.78 is 53.4. The van der Waals surface area contributed by atoms with Gasteiger partial charge in [0.05, 0.1) is 6.61 Å². The summed E-state index contributed by atoms with van der Waals surface area (Å²) in [6, 6.07) is 5.76. The van der Waals surface area contributed by atoms with Crippen molar-refractivity contribution in [3.8, 4) is 5.88 Å². The maximum absolute atomic E-state index is 13.5. The van der Waals surface area contributed by atoms with E-state index in [0.717, 1.165) is 49.8 Å². The van der Waals surface area contributed by atoms with Crippen LogP contribution in [0.1, 0.15) is 55.8 Å². The second-order valence-corrected chi connectivity index (χ2v) is 8.56. The summed E-state index contributed by atoms with van der Waals surface area (Å²) in [5.41, 5.74) is -0.183. The van der Waals surface area contributed by atoms with Crippen LogP contribution in [0.2, 0.25) is 0 Å². The van der Waals surface area contributed by atoms with Crippen LogP contribution in [0.3, 0.4) is 0 Å². The lowest BCUT2D eigenvalue weighted by atomic mass is 9.85. The number of hydrogen-bond donors (Lipinski definition) is 1. The van der Waals surface area contributed by atoms with Gasteiger partial charge in [0.1, 0.15) is 17.5 Å². The molecule has 0 unspecified atom stereocenters. The van der Waals surface area contributed by atoms with Gasteiger partial charge in [-0.2, -0.15) is 18.2 Å². The van der Waals surface area contributed by atoms with Gasteiger partial charge in [-0.15, -0.1) is 10.2 Å². The second kappa shape index (κ2) is 9.12. The third-order valence-corrected chi connectivity index (χ3v) is 6.17. The molecule has 1 aliphatic carbocycles. The number of alkyl halides is 3. The summed E-state index contributed by atoms with van der Waals surface area (Å²) in [4.78, 5) is 8.06. The van der Waals surface area contributed by atoms with Gasteiger partial charge in [-0.3, -0.25) is 4.40 Å². The van der Waals surface area contributed by atoms with Gasteiger partial charge in [0.15, 0.2) is 5.65 Å². The predicted octanol–water partition coefficient (Wildman–Crippen LogP) is 4.23. The molecule has 0 radical (unpaired) electrons. The average Bonchev–Trinajstić information content (AvgIpc) is 3.24. The molecule has 1 saturated carbocycles. The molecule has 0 bridgehead atoms. The average molecular weight is 462 g/mol. The van der Waals surface area contributed by atoms with E-state index in [0.29, 0.717) is 13.0 Å². The highest BCUT2D eigenvalue weighted by Gasteiger charge is 2.37. The molecule has 11 heteroatoms. The fourth-order valence-electron chi connectivity index (χ4n) is 4.56. The molecule has 1 aliphatic heterocycles. The largest absolute Gasteiger partial charge is 0.471 e. The number of pyridine rings is 1. The predicted molar refractivity (Wildman–Crippen MR) is 113 cm³/mol. The molecule has 2 aliphatic rings. The van der Waals surface area contributed by atoms with Crippen molar-refractivity contribution < 1.29 is 22.6 Å². The van der Waals surface area contributed by atoms with Crippen molar-refractivity contribution >= 4 is 11.6 Å². The first-order chi connectivity index (χ1) is 16.0. The highest BCUT2D eigenvalue weighted by molar-refractivity contribution is 5.38. The highest BCUT2D eigenvalue weighted by atomic mass is 19.4. The number of ether oxygens (including phenoxy) is 2. The summed E-state index contributed by atoms with van der Waals surface area (Å²) in [5, 5.41) is 11.8. The van der Waals surface area contributed by atoms with Gasteiger partial charge < -0.3 is 14.8 Å². The fourth-order valence-corrected chi connectivity index (χ4v) is 4.56. The topological polar surface area (TPSA) is 86.5 Å². The van der Waals surface area contributed by atoms with E-state index in [1.54, 1.807) is 0 Å². The van der Waals surface area contributed by atoms with Crippen LogP contribution in [-0.2, 0) is 10.9 Å². The Hall–Kier alpha value is -2.95. The van der Waals surface area contributed by atoms with E-state index in [4.69, 9.17) is 9.47 Å². The lowest BCUT2D eigenvalue weighted by Gasteiger charge is -2.29. The minimum absolute atomic E-state index is 0.00223. The van der Waals surface area contributed by atoms with E-state index in [1.807, 2.05) is 28.8 Å². The van der Waals surface area contributed by atoms with Gasteiger partial charge in [0.25, 0.3) is 0 Å². The quantitative estimate of drug-likeness (QED) is 0.607. The lowest BCUT2D eigenvalue weighted by Crippen LogP contribution is -2.30. The summed E-state index contributed by atoms with van der Waals surface area (Å²) >= 11 is 0. The maximum Gasteiger partial charge on any atom is 0.423 e. The summed E-state index contributed by atoms with van der Waals surface area (Å²) in [7, 11) is 0. The number of aromatic nitrogens is 5. The van der Waals surface area contributed by atoms with Crippen molar-refractivity contribution in [2.45, 2.75) is 62.8 Å². The van der Waals surface area contributed by atoms with Crippen LogP contribution in [0, 0.1) is 0 Å². The van der Waals surface area contributed by atoms with Gasteiger partial charge in [0, 0.05) is 31.0 Å². The molecular formula is C22H25F3N6O2. The van der Waals surface area contributed by atoms with E-state index in [-0.39, 0.29) is 24.5 Å². The van der Waals surface area contributed by atoms with E-state index < -0.39 is 23.7 Å². The highest BCUT2D eigenvalue weighted by Crippen LogP contribution is 2.37. The molecule has 176 valence electrons. The molecule has 8 nitrogen and oxygen atoms in total. The Bertz CT molecular complexity index is 1100. The lowest BCUT2D eigenvalue weighted by molar-refractivity contribution is -0.140. The molecular weight excluding hydrogens is 437 g/mol. The summed E-state index contributed by atoms with van der Waals surface area (Å²) in [6.07, 6.45) is 2.59. The summed E-state index contributed by atoms with van der Waals surface area (Å²) in [5.74, 6) is 0.753. The first-order valence-electron chi connectivity index (χ1n) is 11.2. The van der Waals surface area contributed by atoms with Crippen molar-refractivity contribution in [1.82, 2.24) is 24.6 Å². The molecule has 3 aromatic rings. The standard InChI is InChI=1S/C22H25F3N6O2/c23-22(24,25)17-12-26-21(28-20(17)33-16-7-4-10-32-13-16)27-15-6-3-5-14(11-15)19-30-29-18-8-1-2-9-31(18)19/h1-2,8-9,12,14-16H,3-7,10-11,13H2,(H,26,27,28)/t14-,15+,16+/m0/s1. The van der Waals surface area contributed by atoms with Crippen LogP contribution in [-0.4, -0.2) is 49.9 Å². The Morgan fingerprint density at radius 2 is 2.03 bits per heavy atom. The normalized spacial score (nSPS) is 24.0. The maximum atomic E-state index is 13.5. The summed E-state index contributed by atoms with van der Waals surface area (Å²) in [6.45, 7) is 0.841. The third-order valence-electron chi connectivity index (χ3n) is 6.17. The van der Waals surface area contributed by atoms with Crippen LogP contribution < -0.4 is 10.1 Å². The van der Waals surface area contributed by atoms with Crippen molar-refractivity contribution in [3.63, 3.8) is 0 Å². The second-order valence-electron chi connectivity index (χ2n) is 8.56. The van der Waals surface area contributed by atoms with Crippen LogP contribution in [0.5, 0.6) is 5.88 Å². The molecule has 4 heterocycles. The first kappa shape index (κ1) is 21.9. The van der Waals surface area contributed by atoms with Crippen LogP contribution in [0.15, 0.2) is 30.6 Å². The van der Waals surface area contributed by atoms with Crippen molar-refractivity contribution in [3.05, 3.63) is 42.0 Å². The Balaban J connectivity index is 1.33. The number of nitrogens with one attached hydrogen (secondary N) is 1. The van der Waals surface area contributed by atoms with Gasteiger partial charge in [0.2, 0.25) is 11.8 Å². The number of nitrogens with zero attached hydrogens (tertiary/aromatic N) is 5.